The van der Waals surface area contributed by atoms with Crippen LogP contribution >= 0.6 is 12.4 Å². The lowest BCUT2D eigenvalue weighted by atomic mass is 9.96. The molecule has 0 unspecified atom stereocenters. The van der Waals surface area contributed by atoms with Crippen molar-refractivity contribution >= 4 is 12.4 Å². The molecule has 3 nitrogen and oxygen atoms in total. The summed E-state index contributed by atoms with van der Waals surface area (Å²) >= 11 is 0. The van der Waals surface area contributed by atoms with Gasteiger partial charge in [0.25, 0.3) is 0 Å². The van der Waals surface area contributed by atoms with Gasteiger partial charge in [0, 0.05) is 38.8 Å². The van der Waals surface area contributed by atoms with Gasteiger partial charge >= 0.3 is 12.4 Å². The van der Waals surface area contributed by atoms with E-state index in [-0.39, 0.29) is 37.1 Å². The number of alkyl halides is 6. The Morgan fingerprint density at radius 3 is 1.84 bits per heavy atom. The molecule has 2 rings (SSSR count). The normalized spacial score (nSPS) is 17.9. The van der Waals surface area contributed by atoms with Gasteiger partial charge in [0.1, 0.15) is 0 Å². The molecule has 1 aromatic rings. The number of benzene rings is 1. The summed E-state index contributed by atoms with van der Waals surface area (Å²) in [6.45, 7) is 1.83. The highest BCUT2D eigenvalue weighted by Gasteiger charge is 2.38. The van der Waals surface area contributed by atoms with E-state index >= 15 is 0 Å². The van der Waals surface area contributed by atoms with Crippen molar-refractivity contribution in [2.24, 2.45) is 0 Å². The molecule has 0 spiro atoms. The zero-order valence-corrected chi connectivity index (χ0v) is 13.9. The molecule has 1 aromatic carbocycles. The molecule has 0 aromatic heterocycles. The molecule has 2 N–H and O–H groups in total. The monoisotopic (exact) mass is 392 g/mol. The van der Waals surface area contributed by atoms with Crippen molar-refractivity contribution in [3.63, 3.8) is 0 Å². The first-order valence-electron chi connectivity index (χ1n) is 7.48. The molecule has 144 valence electrons. The minimum absolute atomic E-state index is 0. The maximum atomic E-state index is 13.0. The molecule has 10 heteroatoms. The summed E-state index contributed by atoms with van der Waals surface area (Å²) < 4.78 is 77.9. The lowest BCUT2D eigenvalue weighted by Crippen LogP contribution is -2.45. The Bertz CT molecular complexity index is 526. The molecule has 1 saturated heterocycles. The number of piperazine rings is 1. The van der Waals surface area contributed by atoms with Crippen LogP contribution in [0.3, 0.4) is 0 Å². The number of rotatable bonds is 4. The summed E-state index contributed by atoms with van der Waals surface area (Å²) in [6.07, 6.45) is -9.68. The third-order valence-electron chi connectivity index (χ3n) is 3.99. The smallest absolute Gasteiger partial charge is 0.396 e. The van der Waals surface area contributed by atoms with Crippen molar-refractivity contribution in [3.8, 4) is 0 Å². The van der Waals surface area contributed by atoms with E-state index < -0.39 is 29.5 Å². The van der Waals surface area contributed by atoms with E-state index in [2.05, 4.69) is 5.32 Å². The highest BCUT2D eigenvalue weighted by atomic mass is 35.5. The Morgan fingerprint density at radius 1 is 0.960 bits per heavy atom. The summed E-state index contributed by atoms with van der Waals surface area (Å²) in [7, 11) is 0. The average Bonchev–Trinajstić information content (AvgIpc) is 2.51. The number of nitrogens with one attached hydrogen (secondary N) is 1. The van der Waals surface area contributed by atoms with Crippen LogP contribution in [-0.2, 0) is 12.4 Å². The summed E-state index contributed by atoms with van der Waals surface area (Å²) in [5.41, 5.74) is -2.73. The lowest BCUT2D eigenvalue weighted by molar-refractivity contribution is -0.143. The number of aliphatic hydroxyl groups is 1. The van der Waals surface area contributed by atoms with Crippen molar-refractivity contribution in [2.45, 2.75) is 24.8 Å². The van der Waals surface area contributed by atoms with Crippen molar-refractivity contribution in [2.75, 3.05) is 32.8 Å². The molecule has 1 aliphatic heterocycles. The van der Waals surface area contributed by atoms with Crippen LogP contribution in [0, 0.1) is 0 Å². The minimum atomic E-state index is -4.87. The SMILES string of the molecule is Cl.OCC[C@H](c1cc(C(F)(F)F)cc(C(F)(F)F)c1)N1CCNCC1. The van der Waals surface area contributed by atoms with E-state index in [0.29, 0.717) is 26.2 Å². The largest absolute Gasteiger partial charge is 0.416 e. The number of hydrogen-bond acceptors (Lipinski definition) is 3. The quantitative estimate of drug-likeness (QED) is 0.770. The Kier molecular flexibility index (Phi) is 7.54. The van der Waals surface area contributed by atoms with E-state index in [4.69, 9.17) is 0 Å². The summed E-state index contributed by atoms with van der Waals surface area (Å²) in [5.74, 6) is 0. The van der Waals surface area contributed by atoms with Crippen LogP contribution in [0.15, 0.2) is 18.2 Å². The predicted octanol–water partition coefficient (Wildman–Crippen LogP) is 3.47. The van der Waals surface area contributed by atoms with Crippen LogP contribution in [0.4, 0.5) is 26.3 Å². The van der Waals surface area contributed by atoms with Gasteiger partial charge in [-0.05, 0) is 30.2 Å². The molecule has 25 heavy (non-hydrogen) atoms. The van der Waals surface area contributed by atoms with Crippen LogP contribution in [0.5, 0.6) is 0 Å². The van der Waals surface area contributed by atoms with E-state index in [1.165, 1.54) is 0 Å². The van der Waals surface area contributed by atoms with Gasteiger partial charge in [-0.25, -0.2) is 0 Å². The van der Waals surface area contributed by atoms with Crippen molar-refractivity contribution in [3.05, 3.63) is 34.9 Å². The lowest BCUT2D eigenvalue weighted by Gasteiger charge is -2.35. The number of hydrogen-bond donors (Lipinski definition) is 2. The maximum Gasteiger partial charge on any atom is 0.416 e. The van der Waals surface area contributed by atoms with Crippen molar-refractivity contribution in [1.82, 2.24) is 10.2 Å². The second-order valence-corrected chi connectivity index (χ2v) is 5.65. The first kappa shape index (κ1) is 22.0. The van der Waals surface area contributed by atoms with Gasteiger partial charge in [0.05, 0.1) is 11.1 Å². The molecule has 1 heterocycles. The minimum Gasteiger partial charge on any atom is -0.396 e. The third kappa shape index (κ3) is 5.73. The maximum absolute atomic E-state index is 13.0. The molecule has 0 radical (unpaired) electrons. The third-order valence-corrected chi connectivity index (χ3v) is 3.99. The zero-order valence-electron chi connectivity index (χ0n) is 13.1. The van der Waals surface area contributed by atoms with E-state index in [0.717, 1.165) is 12.1 Å². The van der Waals surface area contributed by atoms with Gasteiger partial charge < -0.3 is 10.4 Å². The van der Waals surface area contributed by atoms with Crippen molar-refractivity contribution < 1.29 is 31.4 Å². The molecule has 0 amide bonds. The molecule has 0 saturated carbocycles. The second-order valence-electron chi connectivity index (χ2n) is 5.65. The fraction of sp³-hybridized carbons (Fsp3) is 0.600. The van der Waals surface area contributed by atoms with Crippen LogP contribution in [0.25, 0.3) is 0 Å². The first-order chi connectivity index (χ1) is 11.1. The summed E-state index contributed by atoms with van der Waals surface area (Å²) in [6, 6.07) is 0.924. The van der Waals surface area contributed by atoms with Gasteiger partial charge in [-0.1, -0.05) is 0 Å². The molecule has 1 fully saturated rings. The summed E-state index contributed by atoms with van der Waals surface area (Å²) in [4.78, 5) is 1.79. The van der Waals surface area contributed by atoms with Crippen LogP contribution < -0.4 is 5.32 Å². The van der Waals surface area contributed by atoms with E-state index in [9.17, 15) is 31.4 Å². The molecule has 1 atom stereocenters. The molecular formula is C15H19ClF6N2O. The van der Waals surface area contributed by atoms with E-state index in [1.807, 2.05) is 0 Å². The second kappa shape index (κ2) is 8.57. The average molecular weight is 393 g/mol. The molecule has 0 bridgehead atoms. The van der Waals surface area contributed by atoms with Crippen LogP contribution in [0.2, 0.25) is 0 Å². The van der Waals surface area contributed by atoms with Gasteiger partial charge in [-0.2, -0.15) is 26.3 Å². The Labute approximate surface area is 147 Å². The topological polar surface area (TPSA) is 35.5 Å². The fourth-order valence-electron chi connectivity index (χ4n) is 2.85. The number of aliphatic hydroxyl groups excluding tert-OH is 1. The Hall–Kier alpha value is -1.03. The van der Waals surface area contributed by atoms with E-state index in [1.54, 1.807) is 4.90 Å². The molecule has 0 aliphatic carbocycles. The highest BCUT2D eigenvalue weighted by molar-refractivity contribution is 5.85. The Morgan fingerprint density at radius 2 is 1.44 bits per heavy atom. The Balaban J connectivity index is 0.00000312. The molecule has 1 aliphatic rings. The zero-order chi connectivity index (χ0) is 18.0. The van der Waals surface area contributed by atoms with Crippen molar-refractivity contribution in [1.29, 1.82) is 0 Å². The van der Waals surface area contributed by atoms with Gasteiger partial charge in [-0.3, -0.25) is 4.90 Å². The van der Waals surface area contributed by atoms with Gasteiger partial charge in [0.15, 0.2) is 0 Å². The fourth-order valence-corrected chi connectivity index (χ4v) is 2.85. The van der Waals surface area contributed by atoms with Crippen LogP contribution in [-0.4, -0.2) is 42.8 Å². The van der Waals surface area contributed by atoms with Gasteiger partial charge in [0.2, 0.25) is 0 Å². The molecular weight excluding hydrogens is 374 g/mol. The first-order valence-corrected chi connectivity index (χ1v) is 7.48. The number of nitrogens with zero attached hydrogens (tertiary/aromatic N) is 1. The van der Waals surface area contributed by atoms with Crippen LogP contribution in [0.1, 0.15) is 29.2 Å². The highest BCUT2D eigenvalue weighted by Crippen LogP contribution is 2.38. The van der Waals surface area contributed by atoms with Gasteiger partial charge in [-0.15, -0.1) is 12.4 Å². The predicted molar refractivity (Wildman–Crippen MR) is 82.6 cm³/mol. The summed E-state index contributed by atoms with van der Waals surface area (Å²) in [5, 5.41) is 12.3. The standard InChI is InChI=1S/C15H18F6N2O.ClH/c16-14(17,18)11-7-10(8-12(9-11)15(19,20)21)13(1-6-24)23-4-2-22-3-5-23;/h7-9,13,22,24H,1-6H2;1H/t13-;/m1./s1. The number of halogens is 7.